The van der Waals surface area contributed by atoms with Crippen LogP contribution in [0.15, 0.2) is 0 Å². The molecule has 0 saturated carbocycles. The monoisotopic (exact) mass is 205 g/mol. The largest absolute Gasteiger partial charge is 0.340 e. The van der Waals surface area contributed by atoms with Gasteiger partial charge in [0.15, 0.2) is 0 Å². The Kier molecular flexibility index (Phi) is 6.13. The lowest BCUT2D eigenvalue weighted by atomic mass is 10.1. The summed E-state index contributed by atoms with van der Waals surface area (Å²) in [5.74, 6) is 0.923. The standard InChI is InChI=1S/C10H20ClNO/c1-8(2)10(13)12(9(3)4)7-5-6-11/h8-9H,5-7H2,1-4H3. The molecule has 0 saturated heterocycles. The van der Waals surface area contributed by atoms with Crippen molar-refractivity contribution in [1.82, 2.24) is 4.90 Å². The van der Waals surface area contributed by atoms with Gasteiger partial charge in [0.25, 0.3) is 0 Å². The van der Waals surface area contributed by atoms with Gasteiger partial charge >= 0.3 is 0 Å². The van der Waals surface area contributed by atoms with Crippen molar-refractivity contribution >= 4 is 17.5 Å². The topological polar surface area (TPSA) is 20.3 Å². The summed E-state index contributed by atoms with van der Waals surface area (Å²) < 4.78 is 0. The lowest BCUT2D eigenvalue weighted by Gasteiger charge is -2.28. The molecule has 0 N–H and O–H groups in total. The van der Waals surface area contributed by atoms with Crippen LogP contribution in [-0.4, -0.2) is 29.3 Å². The molecule has 0 aliphatic carbocycles. The van der Waals surface area contributed by atoms with E-state index in [-0.39, 0.29) is 17.9 Å². The maximum Gasteiger partial charge on any atom is 0.225 e. The molecule has 0 aromatic carbocycles. The van der Waals surface area contributed by atoms with Gasteiger partial charge in [0.1, 0.15) is 0 Å². The summed E-state index contributed by atoms with van der Waals surface area (Å²) in [6.07, 6.45) is 0.873. The minimum atomic E-state index is 0.0812. The van der Waals surface area contributed by atoms with Crippen LogP contribution >= 0.6 is 11.6 Å². The number of carbonyl (C=O) groups excluding carboxylic acids is 1. The van der Waals surface area contributed by atoms with E-state index in [1.54, 1.807) is 0 Å². The molecule has 0 aromatic heterocycles. The van der Waals surface area contributed by atoms with E-state index in [0.29, 0.717) is 5.88 Å². The third kappa shape index (κ3) is 4.51. The van der Waals surface area contributed by atoms with Gasteiger partial charge in [-0.3, -0.25) is 4.79 Å². The van der Waals surface area contributed by atoms with Crippen molar-refractivity contribution in [3.05, 3.63) is 0 Å². The van der Waals surface area contributed by atoms with E-state index in [9.17, 15) is 4.79 Å². The summed E-state index contributed by atoms with van der Waals surface area (Å²) in [5, 5.41) is 0. The Hall–Kier alpha value is -0.240. The molecule has 2 nitrogen and oxygen atoms in total. The van der Waals surface area contributed by atoms with Gasteiger partial charge in [-0.15, -0.1) is 11.6 Å². The molecule has 0 radical (unpaired) electrons. The average Bonchev–Trinajstić information content (AvgIpc) is 2.04. The van der Waals surface area contributed by atoms with Crippen LogP contribution in [0.25, 0.3) is 0 Å². The van der Waals surface area contributed by atoms with Crippen molar-refractivity contribution in [3.8, 4) is 0 Å². The van der Waals surface area contributed by atoms with Gasteiger partial charge in [-0.25, -0.2) is 0 Å². The molecule has 1 amide bonds. The second-order valence-corrected chi connectivity index (χ2v) is 4.20. The third-order valence-corrected chi connectivity index (χ3v) is 2.20. The Bertz CT molecular complexity index is 157. The Labute approximate surface area is 86.2 Å². The average molecular weight is 206 g/mol. The van der Waals surface area contributed by atoms with Crippen LogP contribution in [-0.2, 0) is 4.79 Å². The summed E-state index contributed by atoms with van der Waals surface area (Å²) in [7, 11) is 0. The number of rotatable bonds is 5. The van der Waals surface area contributed by atoms with Crippen LogP contribution < -0.4 is 0 Å². The van der Waals surface area contributed by atoms with Gasteiger partial charge < -0.3 is 4.90 Å². The smallest absolute Gasteiger partial charge is 0.225 e. The second-order valence-electron chi connectivity index (χ2n) is 3.82. The highest BCUT2D eigenvalue weighted by Crippen LogP contribution is 2.07. The molecule has 0 rings (SSSR count). The highest BCUT2D eigenvalue weighted by atomic mass is 35.5. The van der Waals surface area contributed by atoms with Crippen molar-refractivity contribution in [2.24, 2.45) is 5.92 Å². The number of carbonyl (C=O) groups is 1. The lowest BCUT2D eigenvalue weighted by Crippen LogP contribution is -2.40. The maximum absolute atomic E-state index is 11.7. The molecule has 0 aliphatic heterocycles. The van der Waals surface area contributed by atoms with E-state index in [1.807, 2.05) is 32.6 Å². The van der Waals surface area contributed by atoms with Crippen LogP contribution in [0.5, 0.6) is 0 Å². The van der Waals surface area contributed by atoms with Gasteiger partial charge in [0.2, 0.25) is 5.91 Å². The van der Waals surface area contributed by atoms with Crippen molar-refractivity contribution in [3.63, 3.8) is 0 Å². The van der Waals surface area contributed by atoms with Gasteiger partial charge in [0, 0.05) is 24.4 Å². The first-order chi connectivity index (χ1) is 6.00. The van der Waals surface area contributed by atoms with E-state index in [2.05, 4.69) is 0 Å². The predicted molar refractivity (Wildman–Crippen MR) is 57.0 cm³/mol. The molecule has 78 valence electrons. The predicted octanol–water partition coefficient (Wildman–Crippen LogP) is 2.51. The van der Waals surface area contributed by atoms with E-state index >= 15 is 0 Å². The van der Waals surface area contributed by atoms with Gasteiger partial charge in [0.05, 0.1) is 0 Å². The van der Waals surface area contributed by atoms with Crippen LogP contribution in [0.2, 0.25) is 0 Å². The molecular weight excluding hydrogens is 186 g/mol. The first-order valence-electron chi connectivity index (χ1n) is 4.87. The third-order valence-electron chi connectivity index (χ3n) is 1.93. The fourth-order valence-electron chi connectivity index (χ4n) is 1.18. The van der Waals surface area contributed by atoms with Gasteiger partial charge in [-0.05, 0) is 20.3 Å². The second kappa shape index (κ2) is 6.25. The zero-order valence-corrected chi connectivity index (χ0v) is 9.77. The molecule has 3 heteroatoms. The fourth-order valence-corrected chi connectivity index (χ4v) is 1.30. The van der Waals surface area contributed by atoms with Crippen molar-refractivity contribution < 1.29 is 4.79 Å². The number of alkyl halides is 1. The summed E-state index contributed by atoms with van der Waals surface area (Å²) in [6.45, 7) is 8.71. The zero-order valence-electron chi connectivity index (χ0n) is 9.01. The Morgan fingerprint density at radius 1 is 1.31 bits per heavy atom. The zero-order chi connectivity index (χ0) is 10.4. The Morgan fingerprint density at radius 3 is 2.15 bits per heavy atom. The van der Waals surface area contributed by atoms with Crippen LogP contribution in [0.1, 0.15) is 34.1 Å². The molecule has 0 aliphatic rings. The molecule has 0 bridgehead atoms. The Morgan fingerprint density at radius 2 is 1.85 bits per heavy atom. The molecule has 0 heterocycles. The number of nitrogens with zero attached hydrogens (tertiary/aromatic N) is 1. The molecule has 13 heavy (non-hydrogen) atoms. The van der Waals surface area contributed by atoms with E-state index < -0.39 is 0 Å². The summed E-state index contributed by atoms with van der Waals surface area (Å²) in [4.78, 5) is 13.6. The number of hydrogen-bond acceptors (Lipinski definition) is 1. The number of hydrogen-bond donors (Lipinski definition) is 0. The van der Waals surface area contributed by atoms with E-state index in [0.717, 1.165) is 13.0 Å². The molecular formula is C10H20ClNO. The van der Waals surface area contributed by atoms with Gasteiger partial charge in [-0.2, -0.15) is 0 Å². The lowest BCUT2D eigenvalue weighted by molar-refractivity contribution is -0.136. The number of halogens is 1. The minimum Gasteiger partial charge on any atom is -0.340 e. The van der Waals surface area contributed by atoms with Gasteiger partial charge in [-0.1, -0.05) is 13.8 Å². The Balaban J connectivity index is 4.16. The molecule has 0 aromatic rings. The summed E-state index contributed by atoms with van der Waals surface area (Å²) in [6, 6.07) is 0.276. The molecule has 0 unspecified atom stereocenters. The highest BCUT2D eigenvalue weighted by Gasteiger charge is 2.18. The van der Waals surface area contributed by atoms with Crippen molar-refractivity contribution in [1.29, 1.82) is 0 Å². The highest BCUT2D eigenvalue weighted by molar-refractivity contribution is 6.17. The van der Waals surface area contributed by atoms with Crippen molar-refractivity contribution in [2.45, 2.75) is 40.2 Å². The molecule has 0 fully saturated rings. The fraction of sp³-hybridized carbons (Fsp3) is 0.900. The normalized spacial score (nSPS) is 11.0. The van der Waals surface area contributed by atoms with Crippen LogP contribution in [0, 0.1) is 5.92 Å². The van der Waals surface area contributed by atoms with E-state index in [4.69, 9.17) is 11.6 Å². The molecule has 0 spiro atoms. The SMILES string of the molecule is CC(C)C(=O)N(CCCCl)C(C)C. The van der Waals surface area contributed by atoms with Crippen LogP contribution in [0.4, 0.5) is 0 Å². The van der Waals surface area contributed by atoms with Crippen molar-refractivity contribution in [2.75, 3.05) is 12.4 Å². The first-order valence-corrected chi connectivity index (χ1v) is 5.40. The maximum atomic E-state index is 11.7. The quantitative estimate of drug-likeness (QED) is 0.632. The minimum absolute atomic E-state index is 0.0812. The van der Waals surface area contributed by atoms with E-state index in [1.165, 1.54) is 0 Å². The number of amides is 1. The van der Waals surface area contributed by atoms with Crippen LogP contribution in [0.3, 0.4) is 0 Å². The summed E-state index contributed by atoms with van der Waals surface area (Å²) in [5.41, 5.74) is 0. The molecule has 0 atom stereocenters. The summed E-state index contributed by atoms with van der Waals surface area (Å²) >= 11 is 5.60. The first kappa shape index (κ1) is 12.8.